The molecule has 2 aromatic heterocycles. The zero-order valence-electron chi connectivity index (χ0n) is 12.9. The molecule has 0 aliphatic heterocycles. The first-order chi connectivity index (χ1) is 11.1. The monoisotopic (exact) mass is 311 g/mol. The quantitative estimate of drug-likeness (QED) is 0.774. The van der Waals surface area contributed by atoms with Crippen molar-refractivity contribution in [1.29, 1.82) is 0 Å². The minimum Gasteiger partial charge on any atom is -0.454 e. The Bertz CT molecular complexity index is 876. The fraction of sp³-hybridized carbons (Fsp3) is 0.176. The lowest BCUT2D eigenvalue weighted by atomic mass is 10.1. The first kappa shape index (κ1) is 14.9. The number of hydrogen-bond donors (Lipinski definition) is 2. The van der Waals surface area contributed by atoms with Gasteiger partial charge in [0.05, 0.1) is 6.54 Å². The maximum atomic E-state index is 12.3. The number of amides is 2. The van der Waals surface area contributed by atoms with Gasteiger partial charge in [0, 0.05) is 31.4 Å². The van der Waals surface area contributed by atoms with Gasteiger partial charge in [0.1, 0.15) is 5.76 Å². The SMILES string of the molecule is CNC(=O)c1ccc(CNC(=O)c2ccc3ccn(C)c3c2)o1. The van der Waals surface area contributed by atoms with Crippen molar-refractivity contribution in [2.75, 3.05) is 7.05 Å². The zero-order chi connectivity index (χ0) is 16.4. The van der Waals surface area contributed by atoms with Crippen LogP contribution in [0.25, 0.3) is 10.9 Å². The standard InChI is InChI=1S/C17H17N3O3/c1-18-17(22)15-6-5-13(23-15)10-19-16(21)12-4-3-11-7-8-20(2)14(11)9-12/h3-9H,10H2,1-2H3,(H,18,22)(H,19,21). The van der Waals surface area contributed by atoms with Crippen LogP contribution < -0.4 is 10.6 Å². The number of carbonyl (C=O) groups is 2. The van der Waals surface area contributed by atoms with Crippen molar-refractivity contribution < 1.29 is 14.0 Å². The second kappa shape index (κ2) is 6.00. The van der Waals surface area contributed by atoms with Gasteiger partial charge >= 0.3 is 0 Å². The molecule has 2 amide bonds. The number of carbonyl (C=O) groups excluding carboxylic acids is 2. The van der Waals surface area contributed by atoms with E-state index in [0.29, 0.717) is 11.3 Å². The minimum atomic E-state index is -0.295. The van der Waals surface area contributed by atoms with Crippen LogP contribution in [0.1, 0.15) is 26.7 Å². The predicted molar refractivity (Wildman–Crippen MR) is 86.2 cm³/mol. The predicted octanol–water partition coefficient (Wildman–Crippen LogP) is 2.06. The van der Waals surface area contributed by atoms with Crippen LogP contribution in [0.15, 0.2) is 47.0 Å². The molecule has 0 bridgehead atoms. The Morgan fingerprint density at radius 2 is 1.96 bits per heavy atom. The molecule has 2 heterocycles. The molecular weight excluding hydrogens is 294 g/mol. The van der Waals surface area contributed by atoms with Gasteiger partial charge in [0.2, 0.25) is 0 Å². The maximum Gasteiger partial charge on any atom is 0.286 e. The van der Waals surface area contributed by atoms with E-state index < -0.39 is 0 Å². The van der Waals surface area contributed by atoms with Crippen LogP contribution in [0.5, 0.6) is 0 Å². The molecule has 0 spiro atoms. The highest BCUT2D eigenvalue weighted by Crippen LogP contribution is 2.16. The summed E-state index contributed by atoms with van der Waals surface area (Å²) in [4.78, 5) is 23.7. The molecule has 6 heteroatoms. The summed E-state index contributed by atoms with van der Waals surface area (Å²) >= 11 is 0. The van der Waals surface area contributed by atoms with Crippen molar-refractivity contribution in [1.82, 2.24) is 15.2 Å². The van der Waals surface area contributed by atoms with Crippen molar-refractivity contribution in [2.24, 2.45) is 7.05 Å². The summed E-state index contributed by atoms with van der Waals surface area (Å²) in [6, 6.07) is 10.8. The first-order valence-corrected chi connectivity index (χ1v) is 7.22. The Kier molecular flexibility index (Phi) is 3.89. The Labute approximate surface area is 133 Å². The summed E-state index contributed by atoms with van der Waals surface area (Å²) in [5.41, 5.74) is 1.58. The van der Waals surface area contributed by atoms with E-state index in [1.165, 1.54) is 7.05 Å². The molecule has 0 radical (unpaired) electrons. The van der Waals surface area contributed by atoms with E-state index in [0.717, 1.165) is 10.9 Å². The van der Waals surface area contributed by atoms with Crippen molar-refractivity contribution in [2.45, 2.75) is 6.54 Å². The average molecular weight is 311 g/mol. The lowest BCUT2D eigenvalue weighted by molar-refractivity contribution is 0.0933. The van der Waals surface area contributed by atoms with Crippen LogP contribution in [-0.4, -0.2) is 23.4 Å². The van der Waals surface area contributed by atoms with Gasteiger partial charge in [-0.3, -0.25) is 9.59 Å². The molecular formula is C17H17N3O3. The number of benzene rings is 1. The normalized spacial score (nSPS) is 10.7. The van der Waals surface area contributed by atoms with Gasteiger partial charge in [-0.15, -0.1) is 0 Å². The molecule has 1 aromatic carbocycles. The third-order valence-corrected chi connectivity index (χ3v) is 3.69. The van der Waals surface area contributed by atoms with E-state index in [4.69, 9.17) is 4.42 Å². The summed E-state index contributed by atoms with van der Waals surface area (Å²) in [5, 5.41) is 6.36. The molecule has 0 fully saturated rings. The number of fused-ring (bicyclic) bond motifs is 1. The second-order valence-corrected chi connectivity index (χ2v) is 5.23. The molecule has 2 N–H and O–H groups in total. The van der Waals surface area contributed by atoms with Crippen LogP contribution in [0, 0.1) is 0 Å². The number of rotatable bonds is 4. The van der Waals surface area contributed by atoms with Crippen molar-refractivity contribution in [3.63, 3.8) is 0 Å². The summed E-state index contributed by atoms with van der Waals surface area (Å²) in [5.74, 6) is 0.265. The first-order valence-electron chi connectivity index (χ1n) is 7.22. The molecule has 0 saturated heterocycles. The van der Waals surface area contributed by atoms with Gasteiger partial charge in [-0.05, 0) is 35.7 Å². The smallest absolute Gasteiger partial charge is 0.286 e. The lowest BCUT2D eigenvalue weighted by Gasteiger charge is -2.05. The lowest BCUT2D eigenvalue weighted by Crippen LogP contribution is -2.22. The summed E-state index contributed by atoms with van der Waals surface area (Å²) in [7, 11) is 3.47. The topological polar surface area (TPSA) is 76.3 Å². The highest BCUT2D eigenvalue weighted by molar-refractivity contribution is 5.98. The van der Waals surface area contributed by atoms with E-state index in [9.17, 15) is 9.59 Å². The number of nitrogens with zero attached hydrogens (tertiary/aromatic N) is 1. The fourth-order valence-electron chi connectivity index (χ4n) is 2.39. The van der Waals surface area contributed by atoms with E-state index >= 15 is 0 Å². The number of furan rings is 1. The summed E-state index contributed by atoms with van der Waals surface area (Å²) in [6.07, 6.45) is 1.95. The molecule has 0 aliphatic rings. The van der Waals surface area contributed by atoms with Crippen LogP contribution in [0.4, 0.5) is 0 Å². The van der Waals surface area contributed by atoms with E-state index in [-0.39, 0.29) is 24.1 Å². The number of nitrogens with one attached hydrogen (secondary N) is 2. The molecule has 23 heavy (non-hydrogen) atoms. The van der Waals surface area contributed by atoms with Gasteiger partial charge < -0.3 is 19.6 Å². The minimum absolute atomic E-state index is 0.189. The third-order valence-electron chi connectivity index (χ3n) is 3.69. The van der Waals surface area contributed by atoms with Gasteiger partial charge in [-0.2, -0.15) is 0 Å². The van der Waals surface area contributed by atoms with Crippen LogP contribution in [0.2, 0.25) is 0 Å². The van der Waals surface area contributed by atoms with Gasteiger partial charge in [0.15, 0.2) is 5.76 Å². The zero-order valence-corrected chi connectivity index (χ0v) is 12.9. The van der Waals surface area contributed by atoms with Crippen LogP contribution >= 0.6 is 0 Å². The number of aryl methyl sites for hydroxylation is 1. The molecule has 0 atom stereocenters. The van der Waals surface area contributed by atoms with Crippen molar-refractivity contribution in [3.8, 4) is 0 Å². The van der Waals surface area contributed by atoms with Gasteiger partial charge in [0.25, 0.3) is 11.8 Å². The fourth-order valence-corrected chi connectivity index (χ4v) is 2.39. The second-order valence-electron chi connectivity index (χ2n) is 5.23. The van der Waals surface area contributed by atoms with E-state index in [1.807, 2.05) is 36.0 Å². The molecule has 6 nitrogen and oxygen atoms in total. The maximum absolute atomic E-state index is 12.3. The molecule has 3 rings (SSSR count). The van der Waals surface area contributed by atoms with Crippen molar-refractivity contribution in [3.05, 3.63) is 59.7 Å². The summed E-state index contributed by atoms with van der Waals surface area (Å²) < 4.78 is 7.34. The average Bonchev–Trinajstić information content (AvgIpc) is 3.19. The molecule has 3 aromatic rings. The van der Waals surface area contributed by atoms with Crippen LogP contribution in [0.3, 0.4) is 0 Å². The molecule has 0 unspecified atom stereocenters. The summed E-state index contributed by atoms with van der Waals surface area (Å²) in [6.45, 7) is 0.223. The van der Waals surface area contributed by atoms with Crippen LogP contribution in [-0.2, 0) is 13.6 Å². The molecule has 118 valence electrons. The van der Waals surface area contributed by atoms with E-state index in [1.54, 1.807) is 18.2 Å². The number of aromatic nitrogens is 1. The molecule has 0 saturated carbocycles. The number of hydrogen-bond acceptors (Lipinski definition) is 3. The highest BCUT2D eigenvalue weighted by Gasteiger charge is 2.11. The third kappa shape index (κ3) is 2.96. The Hall–Kier alpha value is -3.02. The van der Waals surface area contributed by atoms with Crippen molar-refractivity contribution >= 4 is 22.7 Å². The van der Waals surface area contributed by atoms with Gasteiger partial charge in [-0.25, -0.2) is 0 Å². The Morgan fingerprint density at radius 1 is 1.13 bits per heavy atom. The molecule has 0 aliphatic carbocycles. The highest BCUT2D eigenvalue weighted by atomic mass is 16.4. The van der Waals surface area contributed by atoms with Gasteiger partial charge in [-0.1, -0.05) is 6.07 Å². The largest absolute Gasteiger partial charge is 0.454 e. The van der Waals surface area contributed by atoms with E-state index in [2.05, 4.69) is 10.6 Å². The Balaban J connectivity index is 1.69. The Morgan fingerprint density at radius 3 is 2.74 bits per heavy atom.